The molecule has 0 aromatic heterocycles. The van der Waals surface area contributed by atoms with Crippen molar-refractivity contribution in [3.8, 4) is 0 Å². The smallest absolute Gasteiger partial charge is 0.236 e. The molecular weight excluding hydrogens is 188 g/mol. The van der Waals surface area contributed by atoms with E-state index in [2.05, 4.69) is 17.6 Å². The predicted octanol–water partition coefficient (Wildman–Crippen LogP) is 1.47. The number of rotatable bonds is 4. The summed E-state index contributed by atoms with van der Waals surface area (Å²) < 4.78 is 0. The molecule has 15 heavy (non-hydrogen) atoms. The van der Waals surface area contributed by atoms with Crippen LogP contribution in [0, 0.1) is 0 Å². The maximum Gasteiger partial charge on any atom is 0.236 e. The van der Waals surface area contributed by atoms with Crippen LogP contribution in [0.4, 0.5) is 0 Å². The predicted molar refractivity (Wildman–Crippen MR) is 61.5 cm³/mol. The summed E-state index contributed by atoms with van der Waals surface area (Å²) in [6.45, 7) is 3.91. The first-order valence-electron chi connectivity index (χ1n) is 5.17. The van der Waals surface area contributed by atoms with Crippen LogP contribution in [-0.2, 0) is 4.79 Å². The Labute approximate surface area is 90.9 Å². The number of carbonyl (C=O) groups excluding carboxylic acids is 1. The van der Waals surface area contributed by atoms with Crippen LogP contribution in [0.1, 0.15) is 25.5 Å². The van der Waals surface area contributed by atoms with E-state index in [-0.39, 0.29) is 18.0 Å². The maximum absolute atomic E-state index is 11.3. The second-order valence-electron chi connectivity index (χ2n) is 3.63. The van der Waals surface area contributed by atoms with Gasteiger partial charge in [-0.2, -0.15) is 0 Å². The summed E-state index contributed by atoms with van der Waals surface area (Å²) >= 11 is 0. The van der Waals surface area contributed by atoms with Crippen LogP contribution in [-0.4, -0.2) is 19.0 Å². The van der Waals surface area contributed by atoms with Crippen LogP contribution < -0.4 is 10.6 Å². The fraction of sp³-hybridized carbons (Fsp3) is 0.417. The highest BCUT2D eigenvalue weighted by atomic mass is 16.2. The van der Waals surface area contributed by atoms with Gasteiger partial charge in [0.2, 0.25) is 5.91 Å². The summed E-state index contributed by atoms with van der Waals surface area (Å²) in [5.74, 6) is 0.0118. The van der Waals surface area contributed by atoms with E-state index in [1.54, 1.807) is 7.05 Å². The molecule has 0 aliphatic carbocycles. The largest absolute Gasteiger partial charge is 0.358 e. The van der Waals surface area contributed by atoms with Gasteiger partial charge in [0.15, 0.2) is 0 Å². The van der Waals surface area contributed by atoms with Gasteiger partial charge in [0.1, 0.15) is 0 Å². The van der Waals surface area contributed by atoms with Crippen LogP contribution in [0.2, 0.25) is 0 Å². The molecule has 0 saturated carbocycles. The molecule has 1 aromatic rings. The molecule has 1 amide bonds. The molecule has 0 spiro atoms. The zero-order valence-electron chi connectivity index (χ0n) is 9.45. The zero-order valence-corrected chi connectivity index (χ0v) is 9.45. The second kappa shape index (κ2) is 5.51. The first kappa shape index (κ1) is 11.7. The van der Waals surface area contributed by atoms with Crippen molar-refractivity contribution >= 4 is 5.91 Å². The normalized spacial score (nSPS) is 14.3. The van der Waals surface area contributed by atoms with Crippen molar-refractivity contribution in [3.63, 3.8) is 0 Å². The van der Waals surface area contributed by atoms with Gasteiger partial charge in [-0.3, -0.25) is 10.1 Å². The molecule has 0 radical (unpaired) electrons. The maximum atomic E-state index is 11.3. The van der Waals surface area contributed by atoms with Crippen molar-refractivity contribution in [1.29, 1.82) is 0 Å². The molecule has 0 aliphatic heterocycles. The minimum Gasteiger partial charge on any atom is -0.358 e. The Balaban J connectivity index is 2.56. The summed E-state index contributed by atoms with van der Waals surface area (Å²) in [5, 5.41) is 5.85. The lowest BCUT2D eigenvalue weighted by Gasteiger charge is -2.19. The van der Waals surface area contributed by atoms with Crippen molar-refractivity contribution in [2.24, 2.45) is 0 Å². The average molecular weight is 206 g/mol. The number of carbonyl (C=O) groups is 1. The number of hydrogen-bond acceptors (Lipinski definition) is 2. The van der Waals surface area contributed by atoms with Gasteiger partial charge in [-0.05, 0) is 19.4 Å². The highest BCUT2D eigenvalue weighted by molar-refractivity contribution is 5.80. The standard InChI is InChI=1S/C12H18N2O/c1-9(11-7-5-4-6-8-11)14-10(2)12(15)13-3/h4-10,14H,1-3H3,(H,13,15)/t9?,10-/m1/s1. The summed E-state index contributed by atoms with van der Waals surface area (Å²) in [5.41, 5.74) is 1.19. The molecule has 1 rings (SSSR count). The first-order valence-corrected chi connectivity index (χ1v) is 5.17. The second-order valence-corrected chi connectivity index (χ2v) is 3.63. The average Bonchev–Trinajstić information content (AvgIpc) is 2.29. The van der Waals surface area contributed by atoms with E-state index >= 15 is 0 Å². The Hall–Kier alpha value is -1.35. The van der Waals surface area contributed by atoms with E-state index in [1.165, 1.54) is 5.56 Å². The summed E-state index contributed by atoms with van der Waals surface area (Å²) in [7, 11) is 1.65. The molecule has 3 nitrogen and oxygen atoms in total. The summed E-state index contributed by atoms with van der Waals surface area (Å²) in [6, 6.07) is 10.1. The van der Waals surface area contributed by atoms with Gasteiger partial charge in [-0.25, -0.2) is 0 Å². The lowest BCUT2D eigenvalue weighted by Crippen LogP contribution is -2.41. The summed E-state index contributed by atoms with van der Waals surface area (Å²) in [4.78, 5) is 11.3. The third-order valence-electron chi connectivity index (χ3n) is 2.44. The number of likely N-dealkylation sites (N-methyl/N-ethyl adjacent to an activating group) is 1. The molecule has 0 heterocycles. The van der Waals surface area contributed by atoms with Crippen molar-refractivity contribution in [2.45, 2.75) is 25.9 Å². The Morgan fingerprint density at radius 2 is 1.80 bits per heavy atom. The molecule has 1 unspecified atom stereocenters. The van der Waals surface area contributed by atoms with Gasteiger partial charge >= 0.3 is 0 Å². The van der Waals surface area contributed by atoms with Gasteiger partial charge in [0.25, 0.3) is 0 Å². The first-order chi connectivity index (χ1) is 7.15. The van der Waals surface area contributed by atoms with Gasteiger partial charge < -0.3 is 5.32 Å². The molecule has 2 N–H and O–H groups in total. The molecule has 1 aromatic carbocycles. The third kappa shape index (κ3) is 3.36. The molecular formula is C12H18N2O. The SMILES string of the molecule is CNC(=O)[C@@H](C)NC(C)c1ccccc1. The van der Waals surface area contributed by atoms with E-state index in [0.717, 1.165) is 0 Å². The van der Waals surface area contributed by atoms with Gasteiger partial charge in [-0.1, -0.05) is 30.3 Å². The van der Waals surface area contributed by atoms with Crippen LogP contribution >= 0.6 is 0 Å². The fourth-order valence-electron chi connectivity index (χ4n) is 1.51. The highest BCUT2D eigenvalue weighted by Gasteiger charge is 2.14. The summed E-state index contributed by atoms with van der Waals surface area (Å²) in [6.07, 6.45) is 0. The van der Waals surface area contributed by atoms with Crippen molar-refractivity contribution < 1.29 is 4.79 Å². The van der Waals surface area contributed by atoms with E-state index in [1.807, 2.05) is 37.3 Å². The van der Waals surface area contributed by atoms with E-state index in [0.29, 0.717) is 0 Å². The van der Waals surface area contributed by atoms with Crippen molar-refractivity contribution in [3.05, 3.63) is 35.9 Å². The number of nitrogens with one attached hydrogen (secondary N) is 2. The monoisotopic (exact) mass is 206 g/mol. The van der Waals surface area contributed by atoms with Gasteiger partial charge in [0.05, 0.1) is 6.04 Å². The lowest BCUT2D eigenvalue weighted by atomic mass is 10.1. The fourth-order valence-corrected chi connectivity index (χ4v) is 1.51. The quantitative estimate of drug-likeness (QED) is 0.783. The minimum absolute atomic E-state index is 0.0118. The van der Waals surface area contributed by atoms with Gasteiger partial charge in [-0.15, -0.1) is 0 Å². The van der Waals surface area contributed by atoms with Crippen LogP contribution in [0.5, 0.6) is 0 Å². The minimum atomic E-state index is -0.176. The highest BCUT2D eigenvalue weighted by Crippen LogP contribution is 2.11. The number of amides is 1. The molecule has 3 heteroatoms. The third-order valence-corrected chi connectivity index (χ3v) is 2.44. The van der Waals surface area contributed by atoms with Gasteiger partial charge in [0, 0.05) is 13.1 Å². The zero-order chi connectivity index (χ0) is 11.3. The van der Waals surface area contributed by atoms with Crippen LogP contribution in [0.25, 0.3) is 0 Å². The molecule has 0 fully saturated rings. The number of benzene rings is 1. The molecule has 82 valence electrons. The topological polar surface area (TPSA) is 41.1 Å². The van der Waals surface area contributed by atoms with Crippen molar-refractivity contribution in [1.82, 2.24) is 10.6 Å². The van der Waals surface area contributed by atoms with E-state index < -0.39 is 0 Å². The molecule has 0 saturated heterocycles. The number of hydrogen-bond donors (Lipinski definition) is 2. The van der Waals surface area contributed by atoms with Crippen molar-refractivity contribution in [2.75, 3.05) is 7.05 Å². The van der Waals surface area contributed by atoms with E-state index in [4.69, 9.17) is 0 Å². The Kier molecular flexibility index (Phi) is 4.31. The van der Waals surface area contributed by atoms with E-state index in [9.17, 15) is 4.79 Å². The molecule has 0 aliphatic rings. The Bertz CT molecular complexity index is 311. The Morgan fingerprint density at radius 1 is 1.20 bits per heavy atom. The van der Waals surface area contributed by atoms with Crippen LogP contribution in [0.15, 0.2) is 30.3 Å². The molecule has 2 atom stereocenters. The van der Waals surface area contributed by atoms with Crippen LogP contribution in [0.3, 0.4) is 0 Å². The molecule has 0 bridgehead atoms. The lowest BCUT2D eigenvalue weighted by molar-refractivity contribution is -0.122. The Morgan fingerprint density at radius 3 is 2.33 bits per heavy atom.